The van der Waals surface area contributed by atoms with Gasteiger partial charge in [0.05, 0.1) is 18.0 Å². The number of aromatic nitrogens is 1. The summed E-state index contributed by atoms with van der Waals surface area (Å²) in [6.45, 7) is 2.38. The Morgan fingerprint density at radius 3 is 2.50 bits per heavy atom. The van der Waals surface area contributed by atoms with Crippen LogP contribution in [0.2, 0.25) is 0 Å². The van der Waals surface area contributed by atoms with Gasteiger partial charge < -0.3 is 20.0 Å². The van der Waals surface area contributed by atoms with Crippen molar-refractivity contribution in [3.05, 3.63) is 23.0 Å². The van der Waals surface area contributed by atoms with Crippen molar-refractivity contribution >= 4 is 7.60 Å². The number of pyridine rings is 1. The predicted octanol–water partition coefficient (Wildman–Crippen LogP) is 0.827. The van der Waals surface area contributed by atoms with Gasteiger partial charge >= 0.3 is 7.60 Å². The Morgan fingerprint density at radius 2 is 2.06 bits per heavy atom. The molecule has 0 spiro atoms. The molecule has 0 amide bonds. The molecule has 0 aliphatic carbocycles. The lowest BCUT2D eigenvalue weighted by Gasteiger charge is -2.17. The Kier molecular flexibility index (Phi) is 3.70. The van der Waals surface area contributed by atoms with Gasteiger partial charge in [-0.2, -0.15) is 0 Å². The van der Waals surface area contributed by atoms with E-state index in [1.165, 1.54) is 13.1 Å². The maximum Gasteiger partial charge on any atom is 0.332 e. The van der Waals surface area contributed by atoms with Crippen LogP contribution < -0.4 is 0 Å². The lowest BCUT2D eigenvalue weighted by atomic mass is 10.1. The fraction of sp³-hybridized carbons (Fsp3) is 0.444. The van der Waals surface area contributed by atoms with Crippen LogP contribution in [0.5, 0.6) is 5.75 Å². The van der Waals surface area contributed by atoms with Crippen molar-refractivity contribution in [3.63, 3.8) is 0 Å². The van der Waals surface area contributed by atoms with Gasteiger partial charge in [0, 0.05) is 11.8 Å². The third-order valence-electron chi connectivity index (χ3n) is 2.49. The second kappa shape index (κ2) is 4.51. The van der Waals surface area contributed by atoms with Crippen molar-refractivity contribution < 1.29 is 24.6 Å². The van der Waals surface area contributed by atoms with Crippen LogP contribution in [0.4, 0.5) is 0 Å². The fourth-order valence-electron chi connectivity index (χ4n) is 1.37. The molecule has 1 rings (SSSR count). The summed E-state index contributed by atoms with van der Waals surface area (Å²) < 4.78 is 11.1. The Hall–Kier alpha value is -0.940. The molecule has 1 aromatic heterocycles. The van der Waals surface area contributed by atoms with E-state index in [2.05, 4.69) is 4.98 Å². The zero-order chi connectivity index (χ0) is 12.5. The number of rotatable bonds is 3. The van der Waals surface area contributed by atoms with Gasteiger partial charge in [0.2, 0.25) is 0 Å². The molecule has 0 aromatic carbocycles. The first-order chi connectivity index (χ1) is 7.29. The highest BCUT2D eigenvalue weighted by Gasteiger charge is 2.29. The molecule has 1 heterocycles. The van der Waals surface area contributed by atoms with E-state index in [9.17, 15) is 9.67 Å². The van der Waals surface area contributed by atoms with Gasteiger partial charge in [-0.1, -0.05) is 0 Å². The van der Waals surface area contributed by atoms with Crippen molar-refractivity contribution in [3.8, 4) is 5.75 Å². The van der Waals surface area contributed by atoms with Crippen LogP contribution in [0.1, 0.15) is 29.4 Å². The third kappa shape index (κ3) is 2.41. The lowest BCUT2D eigenvalue weighted by molar-refractivity contribution is 0.273. The van der Waals surface area contributed by atoms with Crippen LogP contribution in [-0.2, 0) is 11.2 Å². The van der Waals surface area contributed by atoms with E-state index in [0.717, 1.165) is 0 Å². The molecule has 0 radical (unpaired) electrons. The summed E-state index contributed by atoms with van der Waals surface area (Å²) >= 11 is 0. The van der Waals surface area contributed by atoms with Crippen molar-refractivity contribution in [1.82, 2.24) is 4.98 Å². The second-order valence-corrected chi connectivity index (χ2v) is 5.50. The number of aliphatic hydroxyl groups is 1. The molecule has 6 nitrogen and oxygen atoms in total. The van der Waals surface area contributed by atoms with Gasteiger partial charge in [0.1, 0.15) is 5.75 Å². The van der Waals surface area contributed by atoms with Crippen LogP contribution in [0.3, 0.4) is 0 Å². The lowest BCUT2D eigenvalue weighted by Crippen LogP contribution is -2.03. The fourth-order valence-corrected chi connectivity index (χ4v) is 1.95. The molecule has 1 aromatic rings. The Morgan fingerprint density at radius 1 is 1.50 bits per heavy atom. The van der Waals surface area contributed by atoms with E-state index in [0.29, 0.717) is 5.69 Å². The standard InChI is InChI=1S/C9H14NO5P/c1-5-9(12)8(4-11)7(3-10-5)6(2)16(13,14)15/h3,6,11-12H,4H2,1-2H3,(H2,13,14,15). The first kappa shape index (κ1) is 13.1. The van der Waals surface area contributed by atoms with Crippen molar-refractivity contribution in [2.24, 2.45) is 0 Å². The highest BCUT2D eigenvalue weighted by atomic mass is 31.2. The van der Waals surface area contributed by atoms with Gasteiger partial charge in [-0.3, -0.25) is 9.55 Å². The Balaban J connectivity index is 3.35. The second-order valence-electron chi connectivity index (χ2n) is 3.55. The monoisotopic (exact) mass is 247 g/mol. The normalized spacial score (nSPS) is 13.8. The molecule has 4 N–H and O–H groups in total. The number of aromatic hydroxyl groups is 1. The molecule has 0 fully saturated rings. The summed E-state index contributed by atoms with van der Waals surface area (Å²) in [4.78, 5) is 21.9. The van der Waals surface area contributed by atoms with Crippen molar-refractivity contribution in [2.75, 3.05) is 0 Å². The highest BCUT2D eigenvalue weighted by molar-refractivity contribution is 7.52. The molecule has 0 aliphatic rings. The smallest absolute Gasteiger partial charge is 0.332 e. The Bertz CT molecular complexity index is 442. The molecule has 0 aliphatic heterocycles. The van der Waals surface area contributed by atoms with Gasteiger partial charge in [-0.15, -0.1) is 0 Å². The minimum atomic E-state index is -4.32. The summed E-state index contributed by atoms with van der Waals surface area (Å²) in [7, 11) is -4.32. The average molecular weight is 247 g/mol. The first-order valence-electron chi connectivity index (χ1n) is 4.62. The van der Waals surface area contributed by atoms with E-state index < -0.39 is 19.9 Å². The summed E-state index contributed by atoms with van der Waals surface area (Å²) in [5.41, 5.74) is -0.512. The molecule has 1 unspecified atom stereocenters. The molecule has 16 heavy (non-hydrogen) atoms. The number of aliphatic hydroxyl groups excluding tert-OH is 1. The van der Waals surface area contributed by atoms with Crippen LogP contribution in [0, 0.1) is 6.92 Å². The SMILES string of the molecule is Cc1ncc(C(C)P(=O)(O)O)c(CO)c1O. The van der Waals surface area contributed by atoms with Crippen LogP contribution in [0.15, 0.2) is 6.20 Å². The minimum Gasteiger partial charge on any atom is -0.506 e. The molecule has 0 saturated heterocycles. The van der Waals surface area contributed by atoms with Crippen LogP contribution in [-0.4, -0.2) is 25.0 Å². The molecular formula is C9H14NO5P. The average Bonchev–Trinajstić information content (AvgIpc) is 2.19. The maximum atomic E-state index is 11.1. The number of hydrogen-bond acceptors (Lipinski definition) is 4. The quantitative estimate of drug-likeness (QED) is 0.588. The molecule has 1 atom stereocenters. The van der Waals surface area contributed by atoms with Crippen LogP contribution >= 0.6 is 7.60 Å². The molecule has 0 saturated carbocycles. The molecule has 90 valence electrons. The van der Waals surface area contributed by atoms with Gasteiger partial charge in [-0.05, 0) is 19.4 Å². The number of aryl methyl sites for hydroxylation is 1. The van der Waals surface area contributed by atoms with Crippen molar-refractivity contribution in [1.29, 1.82) is 0 Å². The van der Waals surface area contributed by atoms with E-state index in [1.807, 2.05) is 0 Å². The van der Waals surface area contributed by atoms with E-state index >= 15 is 0 Å². The minimum absolute atomic E-state index is 0.114. The topological polar surface area (TPSA) is 111 Å². The summed E-state index contributed by atoms with van der Waals surface area (Å²) in [5, 5.41) is 18.7. The maximum absolute atomic E-state index is 11.1. The van der Waals surface area contributed by atoms with E-state index in [1.54, 1.807) is 6.92 Å². The number of hydrogen-bond donors (Lipinski definition) is 4. The molecular weight excluding hydrogens is 233 g/mol. The largest absolute Gasteiger partial charge is 0.506 e. The summed E-state index contributed by atoms with van der Waals surface area (Å²) in [6, 6.07) is 0. The third-order valence-corrected chi connectivity index (χ3v) is 3.77. The highest BCUT2D eigenvalue weighted by Crippen LogP contribution is 2.52. The number of nitrogens with zero attached hydrogens (tertiary/aromatic N) is 1. The summed E-state index contributed by atoms with van der Waals surface area (Å²) in [5.74, 6) is -0.222. The van der Waals surface area contributed by atoms with E-state index in [-0.39, 0.29) is 16.9 Å². The first-order valence-corrected chi connectivity index (χ1v) is 6.30. The summed E-state index contributed by atoms with van der Waals surface area (Å²) in [6.07, 6.45) is 1.27. The van der Waals surface area contributed by atoms with Gasteiger partial charge in [0.15, 0.2) is 0 Å². The van der Waals surface area contributed by atoms with E-state index in [4.69, 9.17) is 14.9 Å². The Labute approximate surface area is 92.8 Å². The van der Waals surface area contributed by atoms with Crippen molar-refractivity contribution in [2.45, 2.75) is 26.1 Å². The zero-order valence-electron chi connectivity index (χ0n) is 8.95. The molecule has 7 heteroatoms. The molecule has 0 bridgehead atoms. The van der Waals surface area contributed by atoms with Crippen LogP contribution in [0.25, 0.3) is 0 Å². The predicted molar refractivity (Wildman–Crippen MR) is 57.0 cm³/mol. The van der Waals surface area contributed by atoms with Gasteiger partial charge in [-0.25, -0.2) is 0 Å². The zero-order valence-corrected chi connectivity index (χ0v) is 9.85. The van der Waals surface area contributed by atoms with Gasteiger partial charge in [0.25, 0.3) is 0 Å².